The maximum atomic E-state index is 13.7. The summed E-state index contributed by atoms with van der Waals surface area (Å²) >= 11 is 0. The predicted octanol–water partition coefficient (Wildman–Crippen LogP) is 4.08. The molecule has 5 rings (SSSR count). The van der Waals surface area contributed by atoms with Crippen LogP contribution in [0.3, 0.4) is 0 Å². The number of allylic oxidation sites excluding steroid dienone is 4. The van der Waals surface area contributed by atoms with Gasteiger partial charge in [0.25, 0.3) is 0 Å². The van der Waals surface area contributed by atoms with Crippen molar-refractivity contribution in [2.75, 3.05) is 6.61 Å². The van der Waals surface area contributed by atoms with Crippen molar-refractivity contribution in [3.8, 4) is 0 Å². The fourth-order valence-electron chi connectivity index (χ4n) is 7.64. The van der Waals surface area contributed by atoms with E-state index in [-0.39, 0.29) is 30.0 Å². The second-order valence-corrected chi connectivity index (χ2v) is 11.3. The quantitative estimate of drug-likeness (QED) is 0.623. The summed E-state index contributed by atoms with van der Waals surface area (Å²) in [5.41, 5.74) is 1.35. The van der Waals surface area contributed by atoms with E-state index in [2.05, 4.69) is 37.2 Å². The number of aryl methyl sites for hydroxylation is 1. The van der Waals surface area contributed by atoms with Gasteiger partial charge in [0.15, 0.2) is 5.78 Å². The minimum Gasteiger partial charge on any atom is -0.390 e. The molecule has 6 heteroatoms. The van der Waals surface area contributed by atoms with E-state index in [0.29, 0.717) is 19.4 Å². The highest BCUT2D eigenvalue weighted by Crippen LogP contribution is 2.66. The number of aliphatic hydroxyl groups is 2. The van der Waals surface area contributed by atoms with Crippen molar-refractivity contribution >= 4 is 17.3 Å². The first kappa shape index (κ1) is 24.1. The van der Waals surface area contributed by atoms with E-state index < -0.39 is 28.8 Å². The van der Waals surface area contributed by atoms with E-state index in [1.807, 2.05) is 31.2 Å². The van der Waals surface area contributed by atoms with E-state index in [9.17, 15) is 19.8 Å². The summed E-state index contributed by atoms with van der Waals surface area (Å²) in [7, 11) is 0. The van der Waals surface area contributed by atoms with Crippen molar-refractivity contribution in [2.45, 2.75) is 65.1 Å². The molecule has 0 spiro atoms. The van der Waals surface area contributed by atoms with Gasteiger partial charge in [-0.1, -0.05) is 54.9 Å². The Morgan fingerprint density at radius 1 is 1.23 bits per heavy atom. The number of carbonyl (C=O) groups excluding carboxylic acids is 2. The lowest BCUT2D eigenvalue weighted by Gasteiger charge is -2.56. The minimum atomic E-state index is -1.62. The Morgan fingerprint density at radius 3 is 2.74 bits per heavy atom. The molecule has 1 aromatic carbocycles. The lowest BCUT2D eigenvalue weighted by Crippen LogP contribution is -2.60. The zero-order valence-corrected chi connectivity index (χ0v) is 20.8. The number of hydrogen-bond acceptors (Lipinski definition) is 6. The SMILES string of the molecule is Cc1ccccc1CO/N=C1\C=C[C@@]2(C)C(=C1)CC[C@@H]1[C@@H]2C(=O)C[C@@]2(C)[C@H]1CC[C@]2(O)C(=O)CO. The van der Waals surface area contributed by atoms with Crippen molar-refractivity contribution in [3.63, 3.8) is 0 Å². The smallest absolute Gasteiger partial charge is 0.190 e. The number of benzene rings is 1. The van der Waals surface area contributed by atoms with Crippen LogP contribution in [0.4, 0.5) is 0 Å². The molecule has 186 valence electrons. The molecule has 1 aromatic rings. The van der Waals surface area contributed by atoms with E-state index in [1.54, 1.807) is 0 Å². The molecular weight excluding hydrogens is 442 g/mol. The molecular formula is C29H35NO5. The van der Waals surface area contributed by atoms with E-state index in [0.717, 1.165) is 24.1 Å². The molecule has 0 heterocycles. The number of carbonyl (C=O) groups is 2. The first-order valence-electron chi connectivity index (χ1n) is 12.7. The maximum absolute atomic E-state index is 13.7. The number of fused-ring (bicyclic) bond motifs is 5. The molecule has 35 heavy (non-hydrogen) atoms. The molecule has 4 aliphatic carbocycles. The van der Waals surface area contributed by atoms with Crippen LogP contribution in [0.1, 0.15) is 57.1 Å². The summed E-state index contributed by atoms with van der Waals surface area (Å²) in [6.45, 7) is 5.78. The Bertz CT molecular complexity index is 1150. The third-order valence-corrected chi connectivity index (χ3v) is 9.68. The van der Waals surface area contributed by atoms with Crippen LogP contribution in [-0.4, -0.2) is 39.7 Å². The third kappa shape index (κ3) is 3.56. The van der Waals surface area contributed by atoms with Gasteiger partial charge in [-0.3, -0.25) is 9.59 Å². The average Bonchev–Trinajstić information content (AvgIpc) is 3.10. The Kier molecular flexibility index (Phi) is 5.88. The van der Waals surface area contributed by atoms with Gasteiger partial charge in [-0.15, -0.1) is 0 Å². The highest BCUT2D eigenvalue weighted by molar-refractivity contribution is 6.06. The van der Waals surface area contributed by atoms with Gasteiger partial charge >= 0.3 is 0 Å². The summed E-state index contributed by atoms with van der Waals surface area (Å²) in [5.74, 6) is -0.457. The van der Waals surface area contributed by atoms with Crippen LogP contribution in [-0.2, 0) is 21.0 Å². The maximum Gasteiger partial charge on any atom is 0.190 e. The normalized spacial score (nSPS) is 39.0. The minimum absolute atomic E-state index is 0.0741. The summed E-state index contributed by atoms with van der Waals surface area (Å²) < 4.78 is 0. The number of Topliss-reactive ketones (excluding diaryl/α,β-unsaturated/α-hetero) is 2. The average molecular weight is 478 g/mol. The van der Waals surface area contributed by atoms with Gasteiger partial charge in [0, 0.05) is 23.2 Å². The molecule has 3 fully saturated rings. The number of nitrogens with zero attached hydrogens (tertiary/aromatic N) is 1. The second kappa shape index (κ2) is 8.52. The number of hydrogen-bond donors (Lipinski definition) is 2. The number of ketones is 2. The molecule has 0 aliphatic heterocycles. The second-order valence-electron chi connectivity index (χ2n) is 11.3. The Morgan fingerprint density at radius 2 is 2.00 bits per heavy atom. The highest BCUT2D eigenvalue weighted by Gasteiger charge is 2.68. The van der Waals surface area contributed by atoms with Crippen molar-refractivity contribution in [1.29, 1.82) is 0 Å². The first-order valence-corrected chi connectivity index (χ1v) is 12.7. The van der Waals surface area contributed by atoms with E-state index in [4.69, 9.17) is 4.84 Å². The number of oxime groups is 1. The Hall–Kier alpha value is -2.57. The largest absolute Gasteiger partial charge is 0.390 e. The summed E-state index contributed by atoms with van der Waals surface area (Å²) in [4.78, 5) is 31.9. The van der Waals surface area contributed by atoms with Crippen LogP contribution in [0.25, 0.3) is 0 Å². The summed E-state index contributed by atoms with van der Waals surface area (Å²) in [6.07, 6.45) is 8.98. The van der Waals surface area contributed by atoms with Crippen LogP contribution in [0, 0.1) is 35.5 Å². The zero-order valence-electron chi connectivity index (χ0n) is 20.8. The molecule has 2 N–H and O–H groups in total. The Labute approximate surface area is 206 Å². The third-order valence-electron chi connectivity index (χ3n) is 9.68. The van der Waals surface area contributed by atoms with Gasteiger partial charge in [0.2, 0.25) is 0 Å². The highest BCUT2D eigenvalue weighted by atomic mass is 16.6. The van der Waals surface area contributed by atoms with E-state index >= 15 is 0 Å². The number of aliphatic hydroxyl groups excluding tert-OH is 1. The van der Waals surface area contributed by atoms with Crippen LogP contribution >= 0.6 is 0 Å². The van der Waals surface area contributed by atoms with Crippen LogP contribution in [0.2, 0.25) is 0 Å². The van der Waals surface area contributed by atoms with Crippen molar-refractivity contribution in [2.24, 2.45) is 33.7 Å². The fraction of sp³-hybridized carbons (Fsp3) is 0.552. The first-order chi connectivity index (χ1) is 16.6. The van der Waals surface area contributed by atoms with Gasteiger partial charge in [-0.25, -0.2) is 0 Å². The fourth-order valence-corrected chi connectivity index (χ4v) is 7.64. The molecule has 0 unspecified atom stereocenters. The molecule has 0 saturated heterocycles. The molecule has 0 amide bonds. The monoisotopic (exact) mass is 477 g/mol. The number of rotatable bonds is 5. The molecule has 3 saturated carbocycles. The van der Waals surface area contributed by atoms with Crippen molar-refractivity contribution in [3.05, 3.63) is 59.2 Å². The van der Waals surface area contributed by atoms with Crippen LogP contribution < -0.4 is 0 Å². The van der Waals surface area contributed by atoms with Crippen LogP contribution in [0.15, 0.2) is 53.2 Å². The van der Waals surface area contributed by atoms with Crippen molar-refractivity contribution < 1.29 is 24.6 Å². The summed E-state index contributed by atoms with van der Waals surface area (Å²) in [6, 6.07) is 8.07. The zero-order chi connectivity index (χ0) is 25.0. The Balaban J connectivity index is 1.37. The molecule has 6 nitrogen and oxygen atoms in total. The van der Waals surface area contributed by atoms with Gasteiger partial charge in [0.1, 0.15) is 30.3 Å². The van der Waals surface area contributed by atoms with Gasteiger partial charge < -0.3 is 15.1 Å². The molecule has 4 aliphatic rings. The molecule has 0 aromatic heterocycles. The standard InChI is InChI=1S/C29H35NO5/c1-18-6-4-5-7-19(18)17-35-30-21-10-12-27(2)20(14-21)8-9-22-23-11-13-29(34,25(33)16-31)28(23,3)15-24(32)26(22)27/h4-7,10,12,14,22-23,26,31,34H,8-9,11,13,15-17H2,1-3H3/b30-21+/t22-,23-,26+,27-,28-,29-/m0/s1. The molecule has 6 atom stereocenters. The van der Waals surface area contributed by atoms with Gasteiger partial charge in [-0.05, 0) is 67.7 Å². The lowest BCUT2D eigenvalue weighted by atomic mass is 9.46. The van der Waals surface area contributed by atoms with Gasteiger partial charge in [0.05, 0.1) is 0 Å². The van der Waals surface area contributed by atoms with Crippen molar-refractivity contribution in [1.82, 2.24) is 0 Å². The topological polar surface area (TPSA) is 96.2 Å². The lowest BCUT2D eigenvalue weighted by molar-refractivity contribution is -0.168. The van der Waals surface area contributed by atoms with Crippen LogP contribution in [0.5, 0.6) is 0 Å². The molecule has 0 bridgehead atoms. The molecule has 0 radical (unpaired) electrons. The summed E-state index contributed by atoms with van der Waals surface area (Å²) in [5, 5.41) is 25.2. The van der Waals surface area contributed by atoms with E-state index in [1.165, 1.54) is 11.1 Å². The van der Waals surface area contributed by atoms with Gasteiger partial charge in [-0.2, -0.15) is 0 Å². The predicted molar refractivity (Wildman–Crippen MR) is 132 cm³/mol.